The first-order valence-corrected chi connectivity index (χ1v) is 9.80. The van der Waals surface area contributed by atoms with Crippen LogP contribution in [-0.4, -0.2) is 29.2 Å². The van der Waals surface area contributed by atoms with Crippen LogP contribution in [0, 0.1) is 11.7 Å². The summed E-state index contributed by atoms with van der Waals surface area (Å²) in [6, 6.07) is 11.5. The minimum Gasteiger partial charge on any atom is -0.390 e. The second kappa shape index (κ2) is 8.93. The van der Waals surface area contributed by atoms with Gasteiger partial charge in [-0.15, -0.1) is 0 Å². The maximum Gasteiger partial charge on any atom is 0.225 e. The Morgan fingerprint density at radius 2 is 1.93 bits per heavy atom. The molecule has 1 aliphatic rings. The van der Waals surface area contributed by atoms with Gasteiger partial charge in [-0.05, 0) is 29.8 Å². The van der Waals surface area contributed by atoms with Crippen LogP contribution < -0.4 is 0 Å². The summed E-state index contributed by atoms with van der Waals surface area (Å²) in [5, 5.41) is 5.10. The van der Waals surface area contributed by atoms with Crippen molar-refractivity contribution in [2.45, 2.75) is 32.9 Å². The number of benzene rings is 2. The Kier molecular flexibility index (Phi) is 6.57. The lowest BCUT2D eigenvalue weighted by atomic mass is 10.0. The topological polar surface area (TPSA) is 41.9 Å². The molecule has 28 heavy (non-hydrogen) atoms. The Morgan fingerprint density at radius 1 is 1.21 bits per heavy atom. The summed E-state index contributed by atoms with van der Waals surface area (Å²) in [6.07, 6.45) is 0.302. The van der Waals surface area contributed by atoms with E-state index in [0.29, 0.717) is 29.6 Å². The van der Waals surface area contributed by atoms with Crippen LogP contribution in [0.3, 0.4) is 0 Å². The van der Waals surface area contributed by atoms with Gasteiger partial charge >= 0.3 is 0 Å². The lowest BCUT2D eigenvalue weighted by Gasteiger charge is -2.26. The van der Waals surface area contributed by atoms with Gasteiger partial charge in [0.1, 0.15) is 5.82 Å². The van der Waals surface area contributed by atoms with Crippen molar-refractivity contribution in [2.24, 2.45) is 11.1 Å². The molecule has 0 saturated heterocycles. The molecule has 0 aliphatic carbocycles. The Bertz CT molecular complexity index is 884. The molecular weight excluding hydrogens is 402 g/mol. The van der Waals surface area contributed by atoms with E-state index < -0.39 is 0 Å². The fraction of sp³-hybridized carbons (Fsp3) is 0.333. The highest BCUT2D eigenvalue weighted by Crippen LogP contribution is 2.26. The summed E-state index contributed by atoms with van der Waals surface area (Å²) in [5.74, 6) is -0.447. The first-order chi connectivity index (χ1) is 13.3. The van der Waals surface area contributed by atoms with E-state index in [1.165, 1.54) is 12.1 Å². The van der Waals surface area contributed by atoms with E-state index in [-0.39, 0.29) is 23.7 Å². The summed E-state index contributed by atoms with van der Waals surface area (Å²) in [5.41, 5.74) is 2.47. The molecular formula is C21H21Cl2FN2O2. The third kappa shape index (κ3) is 5.03. The maximum absolute atomic E-state index is 13.2. The molecule has 7 heteroatoms. The Labute approximate surface area is 173 Å². The molecule has 148 valence electrons. The van der Waals surface area contributed by atoms with Crippen LogP contribution in [0.15, 0.2) is 47.6 Å². The Hall–Kier alpha value is -2.11. The normalized spacial score (nSPS) is 16.1. The maximum atomic E-state index is 13.2. The molecule has 0 N–H and O–H groups in total. The van der Waals surface area contributed by atoms with Gasteiger partial charge in [-0.1, -0.05) is 60.4 Å². The molecule has 3 rings (SSSR count). The smallest absolute Gasteiger partial charge is 0.225 e. The highest BCUT2D eigenvalue weighted by atomic mass is 35.5. The van der Waals surface area contributed by atoms with Crippen LogP contribution in [-0.2, 0) is 16.2 Å². The third-order valence-electron chi connectivity index (χ3n) is 4.50. The van der Waals surface area contributed by atoms with Crippen LogP contribution in [0.2, 0.25) is 10.0 Å². The second-order valence-corrected chi connectivity index (χ2v) is 7.91. The van der Waals surface area contributed by atoms with Gasteiger partial charge in [0.2, 0.25) is 5.91 Å². The highest BCUT2D eigenvalue weighted by Gasteiger charge is 2.28. The number of halogens is 3. The molecule has 1 amide bonds. The van der Waals surface area contributed by atoms with E-state index in [1.807, 2.05) is 19.9 Å². The fourth-order valence-corrected chi connectivity index (χ4v) is 3.32. The van der Waals surface area contributed by atoms with Gasteiger partial charge < -0.3 is 9.74 Å². The number of hydrogen-bond acceptors (Lipinski definition) is 3. The van der Waals surface area contributed by atoms with Crippen LogP contribution in [0.1, 0.15) is 31.4 Å². The molecule has 1 atom stereocenters. The SMILES string of the molecule is CC(C)C(=O)N(Cc1ccc(F)cc1)CC1CC(c2ccc(Cl)c(Cl)c2)=NO1. The van der Waals surface area contributed by atoms with Gasteiger partial charge in [0.15, 0.2) is 6.10 Å². The fourth-order valence-electron chi connectivity index (χ4n) is 3.03. The number of carbonyl (C=O) groups is 1. The molecule has 1 unspecified atom stereocenters. The molecule has 0 saturated carbocycles. The van der Waals surface area contributed by atoms with Gasteiger partial charge in [-0.2, -0.15) is 0 Å². The lowest BCUT2D eigenvalue weighted by Crippen LogP contribution is -2.39. The zero-order valence-corrected chi connectivity index (χ0v) is 17.2. The molecule has 0 radical (unpaired) electrons. The third-order valence-corrected chi connectivity index (χ3v) is 5.24. The van der Waals surface area contributed by atoms with Crippen molar-refractivity contribution in [1.82, 2.24) is 4.90 Å². The minimum atomic E-state index is -0.302. The van der Waals surface area contributed by atoms with Crippen molar-refractivity contribution in [3.63, 3.8) is 0 Å². The first-order valence-electron chi connectivity index (χ1n) is 9.05. The zero-order chi connectivity index (χ0) is 20.3. The van der Waals surface area contributed by atoms with E-state index in [2.05, 4.69) is 5.16 Å². The van der Waals surface area contributed by atoms with E-state index >= 15 is 0 Å². The predicted octanol–water partition coefficient (Wildman–Crippen LogP) is 5.31. The summed E-state index contributed by atoms with van der Waals surface area (Å²) < 4.78 is 13.2. The average molecular weight is 423 g/mol. The van der Waals surface area contributed by atoms with Crippen molar-refractivity contribution in [1.29, 1.82) is 0 Å². The molecule has 0 spiro atoms. The van der Waals surface area contributed by atoms with Gasteiger partial charge in [0, 0.05) is 24.4 Å². The molecule has 2 aromatic carbocycles. The molecule has 0 fully saturated rings. The van der Waals surface area contributed by atoms with Crippen molar-refractivity contribution in [3.8, 4) is 0 Å². The largest absolute Gasteiger partial charge is 0.390 e. The highest BCUT2D eigenvalue weighted by molar-refractivity contribution is 6.42. The van der Waals surface area contributed by atoms with E-state index in [0.717, 1.165) is 16.8 Å². The van der Waals surface area contributed by atoms with Crippen molar-refractivity contribution in [3.05, 3.63) is 69.5 Å². The quantitative estimate of drug-likeness (QED) is 0.632. The monoisotopic (exact) mass is 422 g/mol. The van der Waals surface area contributed by atoms with Gasteiger partial charge in [0.05, 0.1) is 22.3 Å². The molecule has 1 aliphatic heterocycles. The van der Waals surface area contributed by atoms with Gasteiger partial charge in [0.25, 0.3) is 0 Å². The first kappa shape index (κ1) is 20.6. The average Bonchev–Trinajstić information content (AvgIpc) is 3.13. The van der Waals surface area contributed by atoms with Crippen molar-refractivity contribution >= 4 is 34.8 Å². The number of rotatable bonds is 6. The summed E-state index contributed by atoms with van der Waals surface area (Å²) in [6.45, 7) is 4.49. The summed E-state index contributed by atoms with van der Waals surface area (Å²) >= 11 is 12.0. The second-order valence-electron chi connectivity index (χ2n) is 7.10. The van der Waals surface area contributed by atoms with Gasteiger partial charge in [-0.3, -0.25) is 4.79 Å². The zero-order valence-electron chi connectivity index (χ0n) is 15.7. The van der Waals surface area contributed by atoms with Crippen molar-refractivity contribution < 1.29 is 14.0 Å². The number of amides is 1. The number of nitrogens with zero attached hydrogens (tertiary/aromatic N) is 2. The summed E-state index contributed by atoms with van der Waals surface area (Å²) in [7, 11) is 0. The number of carbonyl (C=O) groups excluding carboxylic acids is 1. The molecule has 4 nitrogen and oxygen atoms in total. The lowest BCUT2D eigenvalue weighted by molar-refractivity contribution is -0.136. The minimum absolute atomic E-state index is 0.0101. The van der Waals surface area contributed by atoms with Crippen LogP contribution in [0.25, 0.3) is 0 Å². The number of hydrogen-bond donors (Lipinski definition) is 0. The van der Waals surface area contributed by atoms with Crippen molar-refractivity contribution in [2.75, 3.05) is 6.54 Å². The van der Waals surface area contributed by atoms with E-state index in [9.17, 15) is 9.18 Å². The summed E-state index contributed by atoms with van der Waals surface area (Å²) in [4.78, 5) is 20.0. The molecule has 0 bridgehead atoms. The van der Waals surface area contributed by atoms with Gasteiger partial charge in [-0.25, -0.2) is 4.39 Å². The molecule has 1 heterocycles. The molecule has 2 aromatic rings. The number of oxime groups is 1. The Balaban J connectivity index is 1.68. The molecule has 0 aromatic heterocycles. The Morgan fingerprint density at radius 3 is 2.57 bits per heavy atom. The van der Waals surface area contributed by atoms with Crippen LogP contribution in [0.4, 0.5) is 4.39 Å². The standard InChI is InChI=1S/C21H21Cl2FN2O2/c1-13(2)21(27)26(11-14-3-6-16(24)7-4-14)12-17-10-20(25-28-17)15-5-8-18(22)19(23)9-15/h3-9,13,17H,10-12H2,1-2H3. The predicted molar refractivity (Wildman–Crippen MR) is 109 cm³/mol. The van der Waals surface area contributed by atoms with Crippen LogP contribution in [0.5, 0.6) is 0 Å². The van der Waals surface area contributed by atoms with Crippen LogP contribution >= 0.6 is 23.2 Å². The van der Waals surface area contributed by atoms with E-state index in [4.69, 9.17) is 28.0 Å². The van der Waals surface area contributed by atoms with E-state index in [1.54, 1.807) is 29.2 Å².